The fourth-order valence-electron chi connectivity index (χ4n) is 5.51. The molecular formula is C27H37N3O4. The number of ether oxygens (including phenoxy) is 1. The molecule has 0 radical (unpaired) electrons. The second-order valence-electron chi connectivity index (χ2n) is 9.89. The molecule has 1 unspecified atom stereocenters. The largest absolute Gasteiger partial charge is 0.491 e. The fourth-order valence-corrected chi connectivity index (χ4v) is 5.51. The van der Waals surface area contributed by atoms with Crippen LogP contribution >= 0.6 is 0 Å². The summed E-state index contributed by atoms with van der Waals surface area (Å²) in [6.45, 7) is 6.03. The van der Waals surface area contributed by atoms with E-state index in [4.69, 9.17) is 9.26 Å². The SMILES string of the molecule is Cc1noc(C)c1CCC(=O)N1CCCC2(CCCCc3ccccc3OCCN(C)C2=O)C1. The molecule has 184 valence electrons. The Morgan fingerprint density at radius 3 is 2.71 bits per heavy atom. The van der Waals surface area contributed by atoms with E-state index >= 15 is 0 Å². The number of hydrogen-bond donors (Lipinski definition) is 0. The highest BCUT2D eigenvalue weighted by atomic mass is 16.5. The summed E-state index contributed by atoms with van der Waals surface area (Å²) in [5, 5.41) is 4.00. The Balaban J connectivity index is 1.45. The van der Waals surface area contributed by atoms with E-state index < -0.39 is 5.41 Å². The van der Waals surface area contributed by atoms with Crippen molar-refractivity contribution in [2.45, 2.75) is 65.2 Å². The number of aryl methyl sites for hydroxylation is 3. The summed E-state index contributed by atoms with van der Waals surface area (Å²) < 4.78 is 11.3. The molecule has 2 aliphatic rings. The highest BCUT2D eigenvalue weighted by Crippen LogP contribution is 2.38. The average Bonchev–Trinajstić information content (AvgIpc) is 3.17. The molecule has 1 atom stereocenters. The molecule has 1 aromatic heterocycles. The molecule has 0 N–H and O–H groups in total. The van der Waals surface area contributed by atoms with Crippen molar-refractivity contribution in [3.8, 4) is 5.75 Å². The van der Waals surface area contributed by atoms with Crippen LogP contribution in [0.2, 0.25) is 0 Å². The van der Waals surface area contributed by atoms with Gasteiger partial charge in [0.25, 0.3) is 0 Å². The van der Waals surface area contributed by atoms with Gasteiger partial charge < -0.3 is 19.1 Å². The summed E-state index contributed by atoms with van der Waals surface area (Å²) in [7, 11) is 1.86. The second kappa shape index (κ2) is 10.6. The molecule has 1 fully saturated rings. The highest BCUT2D eigenvalue weighted by molar-refractivity contribution is 5.84. The maximum Gasteiger partial charge on any atom is 0.230 e. The van der Waals surface area contributed by atoms with Gasteiger partial charge in [0.05, 0.1) is 17.7 Å². The number of piperidine rings is 1. The number of likely N-dealkylation sites (tertiary alicyclic amines) is 1. The minimum atomic E-state index is -0.510. The van der Waals surface area contributed by atoms with Gasteiger partial charge >= 0.3 is 0 Å². The van der Waals surface area contributed by atoms with E-state index in [9.17, 15) is 9.59 Å². The first-order chi connectivity index (χ1) is 16.4. The van der Waals surface area contributed by atoms with E-state index in [0.717, 1.165) is 67.8 Å². The lowest BCUT2D eigenvalue weighted by Gasteiger charge is -2.44. The van der Waals surface area contributed by atoms with Crippen molar-refractivity contribution in [2.24, 2.45) is 5.41 Å². The van der Waals surface area contributed by atoms with Crippen LogP contribution in [0.4, 0.5) is 0 Å². The number of nitrogens with zero attached hydrogens (tertiary/aromatic N) is 3. The van der Waals surface area contributed by atoms with Crippen molar-refractivity contribution >= 4 is 11.8 Å². The summed E-state index contributed by atoms with van der Waals surface area (Å²) in [5.74, 6) is 1.96. The second-order valence-corrected chi connectivity index (χ2v) is 9.89. The van der Waals surface area contributed by atoms with E-state index in [2.05, 4.69) is 17.3 Å². The quantitative estimate of drug-likeness (QED) is 0.679. The molecule has 7 heteroatoms. The first kappa shape index (κ1) is 24.3. The number of rotatable bonds is 3. The van der Waals surface area contributed by atoms with Gasteiger partial charge in [0.1, 0.15) is 18.1 Å². The first-order valence-corrected chi connectivity index (χ1v) is 12.6. The molecule has 7 nitrogen and oxygen atoms in total. The maximum absolute atomic E-state index is 13.7. The van der Waals surface area contributed by atoms with E-state index in [1.165, 1.54) is 5.56 Å². The van der Waals surface area contributed by atoms with Crippen molar-refractivity contribution in [3.63, 3.8) is 0 Å². The topological polar surface area (TPSA) is 75.9 Å². The molecule has 1 aromatic carbocycles. The Morgan fingerprint density at radius 1 is 1.12 bits per heavy atom. The van der Waals surface area contributed by atoms with Crippen molar-refractivity contribution < 1.29 is 18.8 Å². The lowest BCUT2D eigenvalue weighted by molar-refractivity contribution is -0.149. The van der Waals surface area contributed by atoms with E-state index in [1.807, 2.05) is 42.8 Å². The minimum absolute atomic E-state index is 0.109. The van der Waals surface area contributed by atoms with Crippen LogP contribution in [0, 0.1) is 19.3 Å². The molecule has 1 spiro atoms. The van der Waals surface area contributed by atoms with Gasteiger partial charge in [0.2, 0.25) is 11.8 Å². The van der Waals surface area contributed by atoms with Crippen molar-refractivity contribution in [3.05, 3.63) is 46.8 Å². The van der Waals surface area contributed by atoms with Gasteiger partial charge in [-0.25, -0.2) is 0 Å². The third kappa shape index (κ3) is 5.29. The normalized spacial score (nSPS) is 22.0. The predicted molar refractivity (Wildman–Crippen MR) is 130 cm³/mol. The molecule has 0 aliphatic carbocycles. The monoisotopic (exact) mass is 467 g/mol. The summed E-state index contributed by atoms with van der Waals surface area (Å²) in [4.78, 5) is 30.6. The zero-order chi connectivity index (χ0) is 24.1. The third-order valence-electron chi connectivity index (χ3n) is 7.51. The number of para-hydroxylation sites is 1. The number of amides is 2. The number of fused-ring (bicyclic) bond motifs is 1. The zero-order valence-electron chi connectivity index (χ0n) is 20.8. The zero-order valence-corrected chi connectivity index (χ0v) is 20.8. The fraction of sp³-hybridized carbons (Fsp3) is 0.593. The number of likely N-dealkylation sites (N-methyl/N-ethyl adjacent to an activating group) is 1. The molecule has 4 rings (SSSR count). The first-order valence-electron chi connectivity index (χ1n) is 12.6. The molecule has 2 aromatic rings. The molecule has 34 heavy (non-hydrogen) atoms. The van der Waals surface area contributed by atoms with Crippen LogP contribution in [0.15, 0.2) is 28.8 Å². The van der Waals surface area contributed by atoms with Gasteiger partial charge in [0.15, 0.2) is 0 Å². The number of hydrogen-bond acceptors (Lipinski definition) is 5. The van der Waals surface area contributed by atoms with Crippen molar-refractivity contribution in [1.29, 1.82) is 0 Å². The van der Waals surface area contributed by atoms with Gasteiger partial charge in [0, 0.05) is 32.1 Å². The maximum atomic E-state index is 13.7. The molecule has 3 heterocycles. The van der Waals surface area contributed by atoms with E-state index in [1.54, 1.807) is 0 Å². The predicted octanol–water partition coefficient (Wildman–Crippen LogP) is 4.10. The molecular weight excluding hydrogens is 430 g/mol. The third-order valence-corrected chi connectivity index (χ3v) is 7.51. The number of carbonyl (C=O) groups excluding carboxylic acids is 2. The minimum Gasteiger partial charge on any atom is -0.491 e. The molecule has 2 amide bonds. The van der Waals surface area contributed by atoms with Crippen LogP contribution in [-0.2, 0) is 22.4 Å². The lowest BCUT2D eigenvalue weighted by atomic mass is 9.74. The Kier molecular flexibility index (Phi) is 7.59. The van der Waals surface area contributed by atoms with Gasteiger partial charge in [-0.15, -0.1) is 0 Å². The van der Waals surface area contributed by atoms with Crippen LogP contribution in [0.5, 0.6) is 5.75 Å². The molecule has 1 saturated heterocycles. The number of benzene rings is 1. The standard InChI is InChI=1S/C27H37N3O4/c1-20-23(21(2)34-28-20)12-13-25(31)30-16-8-15-27(19-30)14-7-6-10-22-9-4-5-11-24(22)33-18-17-29(3)26(27)32/h4-5,9,11H,6-8,10,12-19H2,1-3H3. The van der Waals surface area contributed by atoms with Gasteiger partial charge in [-0.2, -0.15) is 0 Å². The summed E-state index contributed by atoms with van der Waals surface area (Å²) in [6, 6.07) is 8.19. The molecule has 0 saturated carbocycles. The van der Waals surface area contributed by atoms with Crippen LogP contribution in [-0.4, -0.2) is 60.1 Å². The molecule has 2 aliphatic heterocycles. The van der Waals surface area contributed by atoms with E-state index in [0.29, 0.717) is 32.5 Å². The highest BCUT2D eigenvalue weighted by Gasteiger charge is 2.44. The van der Waals surface area contributed by atoms with Crippen LogP contribution in [0.25, 0.3) is 0 Å². The lowest BCUT2D eigenvalue weighted by Crippen LogP contribution is -2.54. The van der Waals surface area contributed by atoms with Gasteiger partial charge in [-0.3, -0.25) is 9.59 Å². The van der Waals surface area contributed by atoms with E-state index in [-0.39, 0.29) is 11.8 Å². The Hall–Kier alpha value is -2.83. The Morgan fingerprint density at radius 2 is 1.91 bits per heavy atom. The van der Waals surface area contributed by atoms with Crippen LogP contribution < -0.4 is 4.74 Å². The molecule has 0 bridgehead atoms. The van der Waals surface area contributed by atoms with Crippen LogP contribution in [0.3, 0.4) is 0 Å². The van der Waals surface area contributed by atoms with Gasteiger partial charge in [-0.1, -0.05) is 29.8 Å². The summed E-state index contributed by atoms with van der Waals surface area (Å²) in [6.07, 6.45) is 6.43. The number of aromatic nitrogens is 1. The Labute approximate surface area is 202 Å². The number of carbonyl (C=O) groups is 2. The van der Waals surface area contributed by atoms with Gasteiger partial charge in [-0.05, 0) is 64.0 Å². The summed E-state index contributed by atoms with van der Waals surface area (Å²) in [5.41, 5.74) is 2.58. The van der Waals surface area contributed by atoms with Crippen LogP contribution in [0.1, 0.15) is 61.1 Å². The Bertz CT molecular complexity index is 998. The summed E-state index contributed by atoms with van der Waals surface area (Å²) >= 11 is 0. The average molecular weight is 468 g/mol. The van der Waals surface area contributed by atoms with Crippen molar-refractivity contribution in [1.82, 2.24) is 15.0 Å². The van der Waals surface area contributed by atoms with Crippen molar-refractivity contribution in [2.75, 3.05) is 33.3 Å². The smallest absolute Gasteiger partial charge is 0.230 e.